The first kappa shape index (κ1) is 17.9. The minimum absolute atomic E-state index is 0.0741. The zero-order valence-corrected chi connectivity index (χ0v) is 12.6. The quantitative estimate of drug-likeness (QED) is 0.726. The summed E-state index contributed by atoms with van der Waals surface area (Å²) in [6.07, 6.45) is 0. The Hall–Kier alpha value is -1.14. The average Bonchev–Trinajstić information content (AvgIpc) is 2.12. The molecule has 2 atom stereocenters. The van der Waals surface area contributed by atoms with E-state index in [1.807, 2.05) is 0 Å². The van der Waals surface area contributed by atoms with Gasteiger partial charge in [-0.05, 0) is 41.5 Å². The van der Waals surface area contributed by atoms with Crippen LogP contribution in [0.4, 0.5) is 0 Å². The summed E-state index contributed by atoms with van der Waals surface area (Å²) in [5, 5.41) is 0. The van der Waals surface area contributed by atoms with Crippen molar-refractivity contribution in [3.05, 3.63) is 0 Å². The van der Waals surface area contributed by atoms with E-state index in [9.17, 15) is 9.59 Å². The highest BCUT2D eigenvalue weighted by Gasteiger charge is 2.35. The lowest BCUT2D eigenvalue weighted by molar-refractivity contribution is -0.168. The van der Waals surface area contributed by atoms with Gasteiger partial charge in [-0.1, -0.05) is 0 Å². The fourth-order valence-corrected chi connectivity index (χ4v) is 1.30. The number of esters is 2. The molecule has 0 bridgehead atoms. The number of carbonyl (C=O) groups excluding carboxylic acids is 2. The topological polar surface area (TPSA) is 105 Å². The number of hydrogen-bond donors (Lipinski definition) is 2. The van der Waals surface area contributed by atoms with Gasteiger partial charge in [0.25, 0.3) is 0 Å². The third kappa shape index (κ3) is 7.12. The predicted molar refractivity (Wildman–Crippen MR) is 72.2 cm³/mol. The van der Waals surface area contributed by atoms with Crippen molar-refractivity contribution in [3.8, 4) is 0 Å². The molecule has 0 saturated carbocycles. The molecular weight excluding hydrogens is 248 g/mol. The van der Waals surface area contributed by atoms with E-state index in [1.54, 1.807) is 41.5 Å². The van der Waals surface area contributed by atoms with Crippen LogP contribution in [0.3, 0.4) is 0 Å². The summed E-state index contributed by atoms with van der Waals surface area (Å²) >= 11 is 0. The van der Waals surface area contributed by atoms with E-state index >= 15 is 0 Å². The Morgan fingerprint density at radius 3 is 1.63 bits per heavy atom. The molecular formula is C13H26N2O4. The molecule has 2 unspecified atom stereocenters. The maximum Gasteiger partial charge on any atom is 0.324 e. The highest BCUT2D eigenvalue weighted by Crippen LogP contribution is 2.15. The van der Waals surface area contributed by atoms with Gasteiger partial charge in [0, 0.05) is 6.54 Å². The third-order valence-electron chi connectivity index (χ3n) is 2.08. The van der Waals surface area contributed by atoms with Crippen molar-refractivity contribution in [2.75, 3.05) is 6.54 Å². The minimum atomic E-state index is -1.13. The molecule has 6 heteroatoms. The summed E-state index contributed by atoms with van der Waals surface area (Å²) in [6, 6.07) is -1.13. The van der Waals surface area contributed by atoms with Crippen LogP contribution in [-0.4, -0.2) is 35.7 Å². The number of ether oxygens (including phenoxy) is 2. The van der Waals surface area contributed by atoms with Crippen molar-refractivity contribution >= 4 is 11.9 Å². The van der Waals surface area contributed by atoms with Gasteiger partial charge in [-0.25, -0.2) is 0 Å². The standard InChI is InChI=1S/C13H26N2O4/c1-12(2,3)18-10(16)8(7-14)9(15)11(17)19-13(4,5)6/h8-9H,7,14-15H2,1-6H3. The number of nitrogens with two attached hydrogens (primary N) is 2. The molecule has 0 spiro atoms. The third-order valence-corrected chi connectivity index (χ3v) is 2.08. The summed E-state index contributed by atoms with van der Waals surface area (Å²) in [6.45, 7) is 10.3. The van der Waals surface area contributed by atoms with Gasteiger partial charge in [0.2, 0.25) is 0 Å². The van der Waals surface area contributed by atoms with E-state index in [0.29, 0.717) is 0 Å². The summed E-state index contributed by atoms with van der Waals surface area (Å²) in [5.41, 5.74) is 9.93. The van der Waals surface area contributed by atoms with Gasteiger partial charge < -0.3 is 20.9 Å². The second kappa shape index (κ2) is 6.34. The Balaban J connectivity index is 4.77. The second-order valence-electron chi connectivity index (χ2n) is 6.43. The van der Waals surface area contributed by atoms with E-state index in [2.05, 4.69) is 0 Å². The normalized spacial score (nSPS) is 15.6. The summed E-state index contributed by atoms with van der Waals surface area (Å²) < 4.78 is 10.3. The zero-order valence-electron chi connectivity index (χ0n) is 12.6. The van der Waals surface area contributed by atoms with Crippen LogP contribution in [0, 0.1) is 5.92 Å². The second-order valence-corrected chi connectivity index (χ2v) is 6.43. The molecule has 0 amide bonds. The first-order valence-corrected chi connectivity index (χ1v) is 6.29. The van der Waals surface area contributed by atoms with Gasteiger partial charge in [0.15, 0.2) is 0 Å². The summed E-state index contributed by atoms with van der Waals surface area (Å²) in [7, 11) is 0. The van der Waals surface area contributed by atoms with Crippen LogP contribution < -0.4 is 11.5 Å². The molecule has 19 heavy (non-hydrogen) atoms. The smallest absolute Gasteiger partial charge is 0.324 e. The van der Waals surface area contributed by atoms with Crippen molar-refractivity contribution in [3.63, 3.8) is 0 Å². The molecule has 0 aliphatic rings. The van der Waals surface area contributed by atoms with Gasteiger partial charge >= 0.3 is 11.9 Å². The van der Waals surface area contributed by atoms with Crippen LogP contribution in [0.1, 0.15) is 41.5 Å². The van der Waals surface area contributed by atoms with Gasteiger partial charge in [-0.2, -0.15) is 0 Å². The van der Waals surface area contributed by atoms with Gasteiger partial charge in [-0.15, -0.1) is 0 Å². The number of carbonyl (C=O) groups is 2. The minimum Gasteiger partial charge on any atom is -0.460 e. The lowest BCUT2D eigenvalue weighted by atomic mass is 10.00. The molecule has 0 aliphatic carbocycles. The molecule has 0 aromatic rings. The van der Waals surface area contributed by atoms with E-state index in [0.717, 1.165) is 0 Å². The molecule has 0 saturated heterocycles. The molecule has 0 heterocycles. The summed E-state index contributed by atoms with van der Waals surface area (Å²) in [5.74, 6) is -2.16. The molecule has 4 N–H and O–H groups in total. The van der Waals surface area contributed by atoms with Crippen LogP contribution in [0.15, 0.2) is 0 Å². The Bertz CT molecular complexity index is 329. The molecule has 112 valence electrons. The Morgan fingerprint density at radius 1 is 0.947 bits per heavy atom. The van der Waals surface area contributed by atoms with E-state index in [1.165, 1.54) is 0 Å². The highest BCUT2D eigenvalue weighted by atomic mass is 16.6. The van der Waals surface area contributed by atoms with Gasteiger partial charge in [0.05, 0.1) is 5.92 Å². The average molecular weight is 274 g/mol. The van der Waals surface area contributed by atoms with E-state index in [4.69, 9.17) is 20.9 Å². The molecule has 0 rings (SSSR count). The first-order valence-electron chi connectivity index (χ1n) is 6.29. The Kier molecular flexibility index (Phi) is 5.96. The maximum atomic E-state index is 11.9. The van der Waals surface area contributed by atoms with Crippen molar-refractivity contribution in [2.24, 2.45) is 17.4 Å². The Morgan fingerprint density at radius 2 is 1.32 bits per heavy atom. The fraction of sp³-hybridized carbons (Fsp3) is 0.846. The predicted octanol–water partition coefficient (Wildman–Crippen LogP) is 0.572. The van der Waals surface area contributed by atoms with Crippen molar-refractivity contribution < 1.29 is 19.1 Å². The summed E-state index contributed by atoms with van der Waals surface area (Å²) in [4.78, 5) is 23.7. The Labute approximate surface area is 114 Å². The van der Waals surface area contributed by atoms with Crippen LogP contribution in [0.5, 0.6) is 0 Å². The monoisotopic (exact) mass is 274 g/mol. The van der Waals surface area contributed by atoms with Crippen LogP contribution in [0.25, 0.3) is 0 Å². The van der Waals surface area contributed by atoms with E-state index < -0.39 is 35.1 Å². The van der Waals surface area contributed by atoms with Crippen LogP contribution in [0.2, 0.25) is 0 Å². The van der Waals surface area contributed by atoms with Crippen molar-refractivity contribution in [2.45, 2.75) is 58.8 Å². The molecule has 6 nitrogen and oxygen atoms in total. The molecule has 0 fully saturated rings. The van der Waals surface area contributed by atoms with Gasteiger partial charge in [0.1, 0.15) is 17.2 Å². The highest BCUT2D eigenvalue weighted by molar-refractivity contribution is 5.85. The maximum absolute atomic E-state index is 11.9. The molecule has 0 aliphatic heterocycles. The van der Waals surface area contributed by atoms with Crippen LogP contribution >= 0.6 is 0 Å². The fourth-order valence-electron chi connectivity index (χ4n) is 1.30. The lowest BCUT2D eigenvalue weighted by Gasteiger charge is -2.27. The SMILES string of the molecule is CC(C)(C)OC(=O)C(N)C(CN)C(=O)OC(C)(C)C. The van der Waals surface area contributed by atoms with Gasteiger partial charge in [-0.3, -0.25) is 9.59 Å². The molecule has 0 aromatic heterocycles. The van der Waals surface area contributed by atoms with Crippen molar-refractivity contribution in [1.82, 2.24) is 0 Å². The van der Waals surface area contributed by atoms with Crippen LogP contribution in [-0.2, 0) is 19.1 Å². The molecule has 0 radical (unpaired) electrons. The lowest BCUT2D eigenvalue weighted by Crippen LogP contribution is -2.49. The number of rotatable bonds is 4. The van der Waals surface area contributed by atoms with E-state index in [-0.39, 0.29) is 6.54 Å². The number of hydrogen-bond acceptors (Lipinski definition) is 6. The first-order chi connectivity index (χ1) is 8.37. The molecule has 0 aromatic carbocycles. The largest absolute Gasteiger partial charge is 0.460 e. The zero-order chi connectivity index (χ0) is 15.4. The van der Waals surface area contributed by atoms with Crippen molar-refractivity contribution in [1.29, 1.82) is 0 Å².